The van der Waals surface area contributed by atoms with Gasteiger partial charge < -0.3 is 20.1 Å². The summed E-state index contributed by atoms with van der Waals surface area (Å²) in [6, 6.07) is 7.52. The number of hydrogen-bond acceptors (Lipinski definition) is 4. The summed E-state index contributed by atoms with van der Waals surface area (Å²) in [5.74, 6) is 1.28. The standard InChI is InChI=1S/C15H22N2O3/c1-11(15(18)17-12-6-8-16-9-7-12)20-14-5-3-4-13(10-14)19-2/h3-5,10-12,16H,6-9H2,1-2H3,(H,17,18). The lowest BCUT2D eigenvalue weighted by Crippen LogP contribution is -2.46. The van der Waals surface area contributed by atoms with Crippen LogP contribution < -0.4 is 20.1 Å². The van der Waals surface area contributed by atoms with Crippen LogP contribution in [0.25, 0.3) is 0 Å². The molecule has 110 valence electrons. The molecule has 1 aromatic rings. The molecule has 1 unspecified atom stereocenters. The van der Waals surface area contributed by atoms with Crippen LogP contribution in [0.2, 0.25) is 0 Å². The zero-order valence-corrected chi connectivity index (χ0v) is 12.0. The summed E-state index contributed by atoms with van der Waals surface area (Å²) < 4.78 is 10.8. The molecule has 1 aromatic carbocycles. The molecule has 1 amide bonds. The molecule has 0 aliphatic carbocycles. The molecule has 0 aromatic heterocycles. The van der Waals surface area contributed by atoms with Crippen LogP contribution >= 0.6 is 0 Å². The first kappa shape index (κ1) is 14.7. The maximum absolute atomic E-state index is 12.1. The highest BCUT2D eigenvalue weighted by molar-refractivity contribution is 5.81. The second kappa shape index (κ2) is 7.14. The Labute approximate surface area is 119 Å². The van der Waals surface area contributed by atoms with Crippen molar-refractivity contribution in [2.45, 2.75) is 31.9 Å². The molecular weight excluding hydrogens is 256 g/mol. The number of methoxy groups -OCH3 is 1. The van der Waals surface area contributed by atoms with Crippen molar-refractivity contribution in [2.75, 3.05) is 20.2 Å². The second-order valence-corrected chi connectivity index (χ2v) is 4.97. The lowest BCUT2D eigenvalue weighted by molar-refractivity contribution is -0.128. The van der Waals surface area contributed by atoms with Crippen molar-refractivity contribution in [3.63, 3.8) is 0 Å². The molecular formula is C15H22N2O3. The van der Waals surface area contributed by atoms with Crippen molar-refractivity contribution in [3.8, 4) is 11.5 Å². The molecule has 5 heteroatoms. The number of carbonyl (C=O) groups is 1. The molecule has 1 aliphatic rings. The predicted octanol–water partition coefficient (Wildman–Crippen LogP) is 1.33. The lowest BCUT2D eigenvalue weighted by atomic mass is 10.1. The van der Waals surface area contributed by atoms with Crippen LogP contribution in [0.15, 0.2) is 24.3 Å². The first-order valence-corrected chi connectivity index (χ1v) is 7.01. The molecule has 1 saturated heterocycles. The minimum Gasteiger partial charge on any atom is -0.497 e. The van der Waals surface area contributed by atoms with Crippen LogP contribution in [-0.4, -0.2) is 38.3 Å². The Morgan fingerprint density at radius 3 is 2.75 bits per heavy atom. The topological polar surface area (TPSA) is 59.6 Å². The quantitative estimate of drug-likeness (QED) is 0.853. The molecule has 0 saturated carbocycles. The Morgan fingerprint density at radius 2 is 2.05 bits per heavy atom. The van der Waals surface area contributed by atoms with Crippen LogP contribution in [0.4, 0.5) is 0 Å². The molecule has 1 atom stereocenters. The van der Waals surface area contributed by atoms with Gasteiger partial charge in [-0.15, -0.1) is 0 Å². The van der Waals surface area contributed by atoms with Crippen molar-refractivity contribution >= 4 is 5.91 Å². The number of nitrogens with one attached hydrogen (secondary N) is 2. The summed E-state index contributed by atoms with van der Waals surface area (Å²) >= 11 is 0. The number of amides is 1. The van der Waals surface area contributed by atoms with Gasteiger partial charge in [-0.3, -0.25) is 4.79 Å². The third-order valence-electron chi connectivity index (χ3n) is 3.41. The van der Waals surface area contributed by atoms with Crippen molar-refractivity contribution < 1.29 is 14.3 Å². The minimum absolute atomic E-state index is 0.0697. The lowest BCUT2D eigenvalue weighted by Gasteiger charge is -2.25. The molecule has 1 aliphatic heterocycles. The van der Waals surface area contributed by atoms with Gasteiger partial charge in [0, 0.05) is 12.1 Å². The van der Waals surface area contributed by atoms with Gasteiger partial charge in [0.05, 0.1) is 7.11 Å². The fourth-order valence-electron chi connectivity index (χ4n) is 2.22. The molecule has 5 nitrogen and oxygen atoms in total. The van der Waals surface area contributed by atoms with Crippen molar-refractivity contribution in [3.05, 3.63) is 24.3 Å². The van der Waals surface area contributed by atoms with Gasteiger partial charge in [-0.25, -0.2) is 0 Å². The summed E-state index contributed by atoms with van der Waals surface area (Å²) in [5, 5.41) is 6.31. The van der Waals surface area contributed by atoms with E-state index in [9.17, 15) is 4.79 Å². The Balaban J connectivity index is 1.86. The van der Waals surface area contributed by atoms with Crippen molar-refractivity contribution in [1.82, 2.24) is 10.6 Å². The van der Waals surface area contributed by atoms with Crippen molar-refractivity contribution in [2.24, 2.45) is 0 Å². The monoisotopic (exact) mass is 278 g/mol. The third-order valence-corrected chi connectivity index (χ3v) is 3.41. The van der Waals surface area contributed by atoms with E-state index in [2.05, 4.69) is 10.6 Å². The highest BCUT2D eigenvalue weighted by Crippen LogP contribution is 2.20. The molecule has 20 heavy (non-hydrogen) atoms. The summed E-state index contributed by atoms with van der Waals surface area (Å²) in [4.78, 5) is 12.1. The van der Waals surface area contributed by atoms with E-state index in [0.717, 1.165) is 25.9 Å². The zero-order valence-electron chi connectivity index (χ0n) is 12.0. The minimum atomic E-state index is -0.517. The van der Waals surface area contributed by atoms with Gasteiger partial charge in [0.2, 0.25) is 0 Å². The summed E-state index contributed by atoms with van der Waals surface area (Å²) in [6.07, 6.45) is 1.42. The van der Waals surface area contributed by atoms with Gasteiger partial charge in [0.25, 0.3) is 5.91 Å². The van der Waals surface area contributed by atoms with E-state index in [1.807, 2.05) is 18.2 Å². The number of hydrogen-bond donors (Lipinski definition) is 2. The van der Waals surface area contributed by atoms with E-state index in [-0.39, 0.29) is 11.9 Å². The van der Waals surface area contributed by atoms with Gasteiger partial charge in [-0.2, -0.15) is 0 Å². The molecule has 0 bridgehead atoms. The molecule has 1 fully saturated rings. The van der Waals surface area contributed by atoms with Crippen LogP contribution in [0.1, 0.15) is 19.8 Å². The van der Waals surface area contributed by atoms with E-state index in [1.165, 1.54) is 0 Å². The molecule has 0 spiro atoms. The van der Waals surface area contributed by atoms with E-state index >= 15 is 0 Å². The van der Waals surface area contributed by atoms with Crippen LogP contribution in [0.3, 0.4) is 0 Å². The fourth-order valence-corrected chi connectivity index (χ4v) is 2.22. The van der Waals surface area contributed by atoms with E-state index < -0.39 is 6.10 Å². The second-order valence-electron chi connectivity index (χ2n) is 4.97. The van der Waals surface area contributed by atoms with Gasteiger partial charge in [0.1, 0.15) is 11.5 Å². The van der Waals surface area contributed by atoms with Crippen LogP contribution in [0.5, 0.6) is 11.5 Å². The van der Waals surface area contributed by atoms with Crippen LogP contribution in [0, 0.1) is 0 Å². The Kier molecular flexibility index (Phi) is 5.24. The fraction of sp³-hybridized carbons (Fsp3) is 0.533. The molecule has 1 heterocycles. The summed E-state index contributed by atoms with van der Waals surface area (Å²) in [6.45, 7) is 3.67. The predicted molar refractivity (Wildman–Crippen MR) is 77.1 cm³/mol. The van der Waals surface area contributed by atoms with E-state index in [1.54, 1.807) is 20.1 Å². The van der Waals surface area contributed by atoms with E-state index in [0.29, 0.717) is 11.5 Å². The Hall–Kier alpha value is -1.75. The SMILES string of the molecule is COc1cccc(OC(C)C(=O)NC2CCNCC2)c1. The highest BCUT2D eigenvalue weighted by atomic mass is 16.5. The maximum Gasteiger partial charge on any atom is 0.260 e. The maximum atomic E-state index is 12.1. The van der Waals surface area contributed by atoms with Gasteiger partial charge >= 0.3 is 0 Å². The highest BCUT2D eigenvalue weighted by Gasteiger charge is 2.20. The summed E-state index contributed by atoms with van der Waals surface area (Å²) in [7, 11) is 1.60. The van der Waals surface area contributed by atoms with Crippen molar-refractivity contribution in [1.29, 1.82) is 0 Å². The average molecular weight is 278 g/mol. The number of carbonyl (C=O) groups excluding carboxylic acids is 1. The Bertz CT molecular complexity index is 444. The third kappa shape index (κ3) is 4.13. The first-order valence-electron chi connectivity index (χ1n) is 7.01. The number of benzene rings is 1. The number of piperidine rings is 1. The van der Waals surface area contributed by atoms with Gasteiger partial charge in [0.15, 0.2) is 6.10 Å². The van der Waals surface area contributed by atoms with Gasteiger partial charge in [-0.1, -0.05) is 6.07 Å². The molecule has 2 N–H and O–H groups in total. The van der Waals surface area contributed by atoms with E-state index in [4.69, 9.17) is 9.47 Å². The smallest absolute Gasteiger partial charge is 0.260 e. The number of rotatable bonds is 5. The largest absolute Gasteiger partial charge is 0.497 e. The first-order chi connectivity index (χ1) is 9.69. The molecule has 2 rings (SSSR count). The number of ether oxygens (including phenoxy) is 2. The Morgan fingerprint density at radius 1 is 1.35 bits per heavy atom. The summed E-state index contributed by atoms with van der Waals surface area (Å²) in [5.41, 5.74) is 0. The normalized spacial score (nSPS) is 17.3. The van der Waals surface area contributed by atoms with Crippen LogP contribution in [-0.2, 0) is 4.79 Å². The zero-order chi connectivity index (χ0) is 14.4. The van der Waals surface area contributed by atoms with Gasteiger partial charge in [-0.05, 0) is 45.0 Å². The average Bonchev–Trinajstić information content (AvgIpc) is 2.48. The molecule has 0 radical (unpaired) electrons.